The normalized spacial score (nSPS) is 11.6. The Morgan fingerprint density at radius 2 is 1.38 bits per heavy atom. The summed E-state index contributed by atoms with van der Waals surface area (Å²) in [5, 5.41) is 1.76. The van der Waals surface area contributed by atoms with Gasteiger partial charge >= 0.3 is 0 Å². The van der Waals surface area contributed by atoms with Gasteiger partial charge < -0.3 is 0 Å². The largest absolute Gasteiger partial charge is 0.224 e. The summed E-state index contributed by atoms with van der Waals surface area (Å²) in [6.07, 6.45) is 0.534. The van der Waals surface area contributed by atoms with E-state index in [0.29, 0.717) is 11.3 Å². The molecule has 3 rings (SSSR count). The summed E-state index contributed by atoms with van der Waals surface area (Å²) < 4.78 is 25.2. The van der Waals surface area contributed by atoms with E-state index in [1.807, 2.05) is 60.7 Å². The molecule has 0 N–H and O–H groups in total. The summed E-state index contributed by atoms with van der Waals surface area (Å²) in [5.74, 6) is 0.130. The van der Waals surface area contributed by atoms with Gasteiger partial charge in [-0.05, 0) is 23.4 Å². The van der Waals surface area contributed by atoms with Crippen LogP contribution in [-0.2, 0) is 16.3 Å². The number of benzene rings is 3. The summed E-state index contributed by atoms with van der Waals surface area (Å²) in [5.41, 5.74) is 1.04. The quantitative estimate of drug-likeness (QED) is 0.732. The maximum atomic E-state index is 12.6. The second kappa shape index (κ2) is 5.70. The van der Waals surface area contributed by atoms with Crippen molar-refractivity contribution >= 4 is 20.6 Å². The van der Waals surface area contributed by atoms with E-state index in [2.05, 4.69) is 0 Å². The van der Waals surface area contributed by atoms with Gasteiger partial charge in [-0.2, -0.15) is 0 Å². The van der Waals surface area contributed by atoms with Crippen molar-refractivity contribution in [3.63, 3.8) is 0 Å². The van der Waals surface area contributed by atoms with Crippen molar-refractivity contribution < 1.29 is 8.42 Å². The summed E-state index contributed by atoms with van der Waals surface area (Å²) >= 11 is 0. The fourth-order valence-corrected chi connectivity index (χ4v) is 4.00. The van der Waals surface area contributed by atoms with Crippen LogP contribution in [0.25, 0.3) is 10.8 Å². The van der Waals surface area contributed by atoms with Crippen molar-refractivity contribution in [3.05, 3.63) is 78.4 Å². The van der Waals surface area contributed by atoms with Crippen LogP contribution in [0.4, 0.5) is 0 Å². The third kappa shape index (κ3) is 2.98. The van der Waals surface area contributed by atoms with Crippen molar-refractivity contribution in [2.75, 3.05) is 5.75 Å². The van der Waals surface area contributed by atoms with Crippen molar-refractivity contribution in [2.45, 2.75) is 11.3 Å². The van der Waals surface area contributed by atoms with E-state index in [0.717, 1.165) is 16.3 Å². The van der Waals surface area contributed by atoms with Crippen LogP contribution in [0.2, 0.25) is 0 Å². The van der Waals surface area contributed by atoms with Crippen molar-refractivity contribution in [3.8, 4) is 0 Å². The topological polar surface area (TPSA) is 34.1 Å². The van der Waals surface area contributed by atoms with E-state index in [9.17, 15) is 8.42 Å². The summed E-state index contributed by atoms with van der Waals surface area (Å²) in [7, 11) is -3.29. The van der Waals surface area contributed by atoms with E-state index in [-0.39, 0.29) is 5.75 Å². The molecule has 21 heavy (non-hydrogen) atoms. The molecular formula is C18H16O2S. The Hall–Kier alpha value is -2.13. The van der Waals surface area contributed by atoms with Gasteiger partial charge in [-0.25, -0.2) is 8.42 Å². The SMILES string of the molecule is O=S(=O)(CCc1ccccc1)c1cccc2ccccc12. The Bertz CT molecular complexity index is 847. The van der Waals surface area contributed by atoms with Crippen LogP contribution in [0.5, 0.6) is 0 Å². The molecule has 106 valence electrons. The first-order valence-corrected chi connectivity index (χ1v) is 8.56. The van der Waals surface area contributed by atoms with Crippen LogP contribution in [0.3, 0.4) is 0 Å². The molecule has 0 aliphatic rings. The lowest BCUT2D eigenvalue weighted by Gasteiger charge is -2.08. The minimum Gasteiger partial charge on any atom is -0.224 e. The van der Waals surface area contributed by atoms with Crippen LogP contribution in [0.1, 0.15) is 5.56 Å². The molecule has 0 bridgehead atoms. The Balaban J connectivity index is 1.94. The van der Waals surface area contributed by atoms with Gasteiger partial charge in [0.2, 0.25) is 0 Å². The molecule has 2 nitrogen and oxygen atoms in total. The molecule has 0 saturated heterocycles. The third-order valence-corrected chi connectivity index (χ3v) is 5.35. The number of aryl methyl sites for hydroxylation is 1. The number of hydrogen-bond acceptors (Lipinski definition) is 2. The first-order valence-electron chi connectivity index (χ1n) is 6.91. The fourth-order valence-electron chi connectivity index (χ4n) is 2.47. The molecule has 0 saturated carbocycles. The Labute approximate surface area is 125 Å². The third-order valence-electron chi connectivity index (χ3n) is 3.59. The maximum Gasteiger partial charge on any atom is 0.179 e. The van der Waals surface area contributed by atoms with Gasteiger partial charge in [0.1, 0.15) is 0 Å². The van der Waals surface area contributed by atoms with E-state index < -0.39 is 9.84 Å². The van der Waals surface area contributed by atoms with Gasteiger partial charge in [0.15, 0.2) is 9.84 Å². The zero-order chi connectivity index (χ0) is 14.7. The van der Waals surface area contributed by atoms with Gasteiger partial charge in [0, 0.05) is 5.39 Å². The van der Waals surface area contributed by atoms with Crippen molar-refractivity contribution in [1.82, 2.24) is 0 Å². The first kappa shape index (κ1) is 13.8. The van der Waals surface area contributed by atoms with Gasteiger partial charge in [-0.1, -0.05) is 66.7 Å². The molecule has 3 aromatic rings. The van der Waals surface area contributed by atoms with E-state index in [1.54, 1.807) is 12.1 Å². The van der Waals surface area contributed by atoms with Gasteiger partial charge in [0.25, 0.3) is 0 Å². The molecular weight excluding hydrogens is 280 g/mol. The molecule has 0 unspecified atom stereocenters. The monoisotopic (exact) mass is 296 g/mol. The highest BCUT2D eigenvalue weighted by Gasteiger charge is 2.17. The van der Waals surface area contributed by atoms with Crippen LogP contribution in [0.15, 0.2) is 77.7 Å². The highest BCUT2D eigenvalue weighted by atomic mass is 32.2. The van der Waals surface area contributed by atoms with E-state index >= 15 is 0 Å². The van der Waals surface area contributed by atoms with Gasteiger partial charge in [-0.3, -0.25) is 0 Å². The Morgan fingerprint density at radius 3 is 2.19 bits per heavy atom. The standard InChI is InChI=1S/C18H16O2S/c19-21(20,14-13-15-7-2-1-3-8-15)18-12-6-10-16-9-4-5-11-17(16)18/h1-12H,13-14H2. The zero-order valence-electron chi connectivity index (χ0n) is 11.6. The minimum absolute atomic E-state index is 0.130. The van der Waals surface area contributed by atoms with Crippen molar-refractivity contribution in [1.29, 1.82) is 0 Å². The van der Waals surface area contributed by atoms with E-state index in [1.165, 1.54) is 0 Å². The average molecular weight is 296 g/mol. The van der Waals surface area contributed by atoms with Crippen LogP contribution < -0.4 is 0 Å². The smallest absolute Gasteiger partial charge is 0.179 e. The summed E-state index contributed by atoms with van der Waals surface area (Å²) in [4.78, 5) is 0.427. The second-order valence-electron chi connectivity index (χ2n) is 5.03. The zero-order valence-corrected chi connectivity index (χ0v) is 12.4. The number of sulfone groups is 1. The molecule has 0 aliphatic heterocycles. The molecule has 0 heterocycles. The van der Waals surface area contributed by atoms with Crippen LogP contribution in [0, 0.1) is 0 Å². The molecule has 0 fully saturated rings. The number of rotatable bonds is 4. The molecule has 0 atom stereocenters. The molecule has 0 radical (unpaired) electrons. The van der Waals surface area contributed by atoms with Crippen LogP contribution in [-0.4, -0.2) is 14.2 Å². The van der Waals surface area contributed by atoms with Gasteiger partial charge in [0.05, 0.1) is 10.6 Å². The van der Waals surface area contributed by atoms with Crippen LogP contribution >= 0.6 is 0 Å². The lowest BCUT2D eigenvalue weighted by atomic mass is 10.1. The molecule has 0 amide bonds. The summed E-state index contributed by atoms with van der Waals surface area (Å²) in [6.45, 7) is 0. The highest BCUT2D eigenvalue weighted by Crippen LogP contribution is 2.24. The predicted molar refractivity (Wildman–Crippen MR) is 86.1 cm³/mol. The predicted octanol–water partition coefficient (Wildman–Crippen LogP) is 3.86. The molecule has 0 aliphatic carbocycles. The van der Waals surface area contributed by atoms with E-state index in [4.69, 9.17) is 0 Å². The lowest BCUT2D eigenvalue weighted by molar-refractivity contribution is 0.596. The number of hydrogen-bond donors (Lipinski definition) is 0. The maximum absolute atomic E-state index is 12.6. The molecule has 0 spiro atoms. The molecule has 0 aromatic heterocycles. The highest BCUT2D eigenvalue weighted by molar-refractivity contribution is 7.91. The number of fused-ring (bicyclic) bond motifs is 1. The second-order valence-corrected chi connectivity index (χ2v) is 7.11. The Kier molecular flexibility index (Phi) is 3.76. The average Bonchev–Trinajstić information content (AvgIpc) is 2.53. The lowest BCUT2D eigenvalue weighted by Crippen LogP contribution is -2.09. The fraction of sp³-hybridized carbons (Fsp3) is 0.111. The van der Waals surface area contributed by atoms with Gasteiger partial charge in [-0.15, -0.1) is 0 Å². The Morgan fingerprint density at radius 1 is 0.714 bits per heavy atom. The molecule has 3 aromatic carbocycles. The van der Waals surface area contributed by atoms with Crippen molar-refractivity contribution in [2.24, 2.45) is 0 Å². The summed E-state index contributed by atoms with van der Waals surface area (Å²) in [6, 6.07) is 22.7. The molecule has 3 heteroatoms. The minimum atomic E-state index is -3.29. The first-order chi connectivity index (χ1) is 10.2.